The van der Waals surface area contributed by atoms with Crippen LogP contribution in [0.25, 0.3) is 10.9 Å². The van der Waals surface area contributed by atoms with Gasteiger partial charge in [-0.2, -0.15) is 0 Å². The van der Waals surface area contributed by atoms with Gasteiger partial charge in [-0.3, -0.25) is 14.9 Å². The molecule has 11 heteroatoms. The predicted octanol–water partition coefficient (Wildman–Crippen LogP) is 5.27. The zero-order valence-corrected chi connectivity index (χ0v) is 21.6. The summed E-state index contributed by atoms with van der Waals surface area (Å²) in [5.41, 5.74) is -2.05. The van der Waals surface area contributed by atoms with Crippen LogP contribution in [-0.2, 0) is 19.7 Å². The number of amides is 1. The summed E-state index contributed by atoms with van der Waals surface area (Å²) < 4.78 is 24.9. The summed E-state index contributed by atoms with van der Waals surface area (Å²) in [5, 5.41) is 12.3. The van der Waals surface area contributed by atoms with Gasteiger partial charge in [0.2, 0.25) is 0 Å². The number of carbonyl (C=O) groups excluding carboxylic acids is 2. The van der Waals surface area contributed by atoms with E-state index in [9.17, 15) is 24.1 Å². The van der Waals surface area contributed by atoms with Crippen molar-refractivity contribution in [3.05, 3.63) is 44.3 Å². The molecule has 1 saturated carbocycles. The number of piperidine rings is 1. The molecule has 188 valence electrons. The quantitative estimate of drug-likeness (QED) is 0.290. The molecule has 0 atom stereocenters. The van der Waals surface area contributed by atoms with Gasteiger partial charge < -0.3 is 14.4 Å². The molecular weight excluding hydrogens is 525 g/mol. The SMILES string of the molecule is COC(=O)C1(c2c([N+](=O)[O-])cnc3cc(F)c(Br)cc23)CC2(CCN(C(=O)OC(C)(C)C)CC2)C1. The molecule has 0 N–H and O–H groups in total. The number of carbonyl (C=O) groups is 2. The number of nitro groups is 1. The van der Waals surface area contributed by atoms with Gasteiger partial charge in [0.1, 0.15) is 23.0 Å². The number of esters is 1. The number of fused-ring (bicyclic) bond motifs is 1. The second kappa shape index (κ2) is 8.69. The van der Waals surface area contributed by atoms with Crippen LogP contribution in [0.4, 0.5) is 14.9 Å². The maximum Gasteiger partial charge on any atom is 0.410 e. The molecule has 1 aromatic heterocycles. The molecule has 2 aromatic rings. The van der Waals surface area contributed by atoms with Gasteiger partial charge in [0, 0.05) is 24.5 Å². The highest BCUT2D eigenvalue weighted by atomic mass is 79.9. The largest absolute Gasteiger partial charge is 0.468 e. The Morgan fingerprint density at radius 2 is 1.86 bits per heavy atom. The number of pyridine rings is 1. The average Bonchev–Trinajstić information content (AvgIpc) is 2.75. The number of hydrogen-bond acceptors (Lipinski definition) is 7. The van der Waals surface area contributed by atoms with Gasteiger partial charge in [0.25, 0.3) is 5.69 Å². The van der Waals surface area contributed by atoms with E-state index in [0.717, 1.165) is 6.20 Å². The third kappa shape index (κ3) is 4.46. The number of likely N-dealkylation sites (tertiary alicyclic amines) is 1. The second-order valence-corrected chi connectivity index (χ2v) is 11.3. The van der Waals surface area contributed by atoms with Crippen LogP contribution in [0.2, 0.25) is 0 Å². The van der Waals surface area contributed by atoms with Crippen LogP contribution in [0.5, 0.6) is 0 Å². The maximum absolute atomic E-state index is 14.2. The molecule has 2 fully saturated rings. The van der Waals surface area contributed by atoms with Crippen molar-refractivity contribution >= 4 is 44.6 Å². The lowest BCUT2D eigenvalue weighted by Crippen LogP contribution is -2.59. The minimum Gasteiger partial charge on any atom is -0.468 e. The van der Waals surface area contributed by atoms with Crippen molar-refractivity contribution in [2.75, 3.05) is 20.2 Å². The molecule has 1 amide bonds. The first kappa shape index (κ1) is 25.3. The molecule has 1 saturated heterocycles. The minimum atomic E-state index is -1.27. The summed E-state index contributed by atoms with van der Waals surface area (Å²) in [5.74, 6) is -1.13. The molecule has 1 spiro atoms. The van der Waals surface area contributed by atoms with Crippen molar-refractivity contribution in [3.8, 4) is 0 Å². The first-order valence-electron chi connectivity index (χ1n) is 11.3. The van der Waals surface area contributed by atoms with Crippen molar-refractivity contribution in [2.45, 2.75) is 57.5 Å². The van der Waals surface area contributed by atoms with E-state index < -0.39 is 27.7 Å². The van der Waals surface area contributed by atoms with Crippen LogP contribution in [0, 0.1) is 21.3 Å². The van der Waals surface area contributed by atoms with E-state index in [2.05, 4.69) is 20.9 Å². The fraction of sp³-hybridized carbons (Fsp3) is 0.542. The smallest absolute Gasteiger partial charge is 0.410 e. The molecule has 2 aliphatic rings. The van der Waals surface area contributed by atoms with Gasteiger partial charge in [0.15, 0.2) is 0 Å². The number of hydrogen-bond donors (Lipinski definition) is 0. The molecule has 0 bridgehead atoms. The van der Waals surface area contributed by atoms with Gasteiger partial charge in [-0.1, -0.05) is 0 Å². The Bertz CT molecular complexity index is 1210. The van der Waals surface area contributed by atoms with Crippen molar-refractivity contribution < 1.29 is 28.4 Å². The molecule has 1 aromatic carbocycles. The summed E-state index contributed by atoms with van der Waals surface area (Å²) in [6.45, 7) is 6.35. The minimum absolute atomic E-state index is 0.119. The van der Waals surface area contributed by atoms with Gasteiger partial charge in [0.05, 0.1) is 27.6 Å². The number of halogens is 2. The molecule has 35 heavy (non-hydrogen) atoms. The fourth-order valence-corrected chi connectivity index (χ4v) is 5.85. The zero-order valence-electron chi connectivity index (χ0n) is 20.0. The Balaban J connectivity index is 1.70. The molecule has 0 radical (unpaired) electrons. The van der Waals surface area contributed by atoms with E-state index >= 15 is 0 Å². The monoisotopic (exact) mass is 551 g/mol. The van der Waals surface area contributed by atoms with Crippen LogP contribution in [0.1, 0.15) is 52.0 Å². The number of methoxy groups -OCH3 is 1. The fourth-order valence-electron chi connectivity index (χ4n) is 5.51. The van der Waals surface area contributed by atoms with Crippen molar-refractivity contribution in [2.24, 2.45) is 5.41 Å². The third-order valence-corrected chi connectivity index (χ3v) is 7.58. The average molecular weight is 552 g/mol. The van der Waals surface area contributed by atoms with Crippen LogP contribution >= 0.6 is 15.9 Å². The van der Waals surface area contributed by atoms with E-state index in [1.165, 1.54) is 19.2 Å². The lowest BCUT2D eigenvalue weighted by atomic mass is 9.47. The van der Waals surface area contributed by atoms with Crippen molar-refractivity contribution in [1.82, 2.24) is 9.88 Å². The molecule has 0 unspecified atom stereocenters. The van der Waals surface area contributed by atoms with E-state index in [4.69, 9.17) is 9.47 Å². The molecule has 9 nitrogen and oxygen atoms in total. The summed E-state index contributed by atoms with van der Waals surface area (Å²) in [7, 11) is 1.25. The number of nitrogens with zero attached hydrogens (tertiary/aromatic N) is 3. The first-order valence-corrected chi connectivity index (χ1v) is 12.1. The Labute approximate surface area is 210 Å². The van der Waals surface area contributed by atoms with E-state index in [1.807, 2.05) is 20.8 Å². The lowest BCUT2D eigenvalue weighted by molar-refractivity contribution is -0.386. The van der Waals surface area contributed by atoms with Crippen LogP contribution < -0.4 is 0 Å². The summed E-state index contributed by atoms with van der Waals surface area (Å²) in [6.07, 6.45) is 2.59. The van der Waals surface area contributed by atoms with Gasteiger partial charge in [-0.15, -0.1) is 0 Å². The number of benzene rings is 1. The Kier molecular flexibility index (Phi) is 6.27. The molecule has 2 heterocycles. The van der Waals surface area contributed by atoms with E-state index in [-0.39, 0.29) is 32.7 Å². The summed E-state index contributed by atoms with van der Waals surface area (Å²) in [4.78, 5) is 42.8. The zero-order chi connectivity index (χ0) is 25.8. The van der Waals surface area contributed by atoms with Crippen LogP contribution in [0.15, 0.2) is 22.8 Å². The number of ether oxygens (including phenoxy) is 2. The predicted molar refractivity (Wildman–Crippen MR) is 128 cm³/mol. The number of aromatic nitrogens is 1. The Morgan fingerprint density at radius 1 is 1.23 bits per heavy atom. The van der Waals surface area contributed by atoms with Crippen LogP contribution in [0.3, 0.4) is 0 Å². The second-order valence-electron chi connectivity index (χ2n) is 10.5. The third-order valence-electron chi connectivity index (χ3n) is 6.97. The molecule has 1 aliphatic heterocycles. The lowest BCUT2D eigenvalue weighted by Gasteiger charge is -2.57. The van der Waals surface area contributed by atoms with E-state index in [0.29, 0.717) is 44.2 Å². The van der Waals surface area contributed by atoms with Gasteiger partial charge in [-0.25, -0.2) is 14.2 Å². The van der Waals surface area contributed by atoms with Gasteiger partial charge >= 0.3 is 12.1 Å². The highest BCUT2D eigenvalue weighted by molar-refractivity contribution is 9.10. The standard InChI is InChI=1S/C24H27BrFN3O6/c1-22(2,3)35-21(31)28-7-5-23(6-8-28)12-24(13-23,20(30)34-4)19-14-9-15(25)16(26)10-17(14)27-11-18(19)29(32)33/h9-11H,5-8,12-13H2,1-4H3. The summed E-state index contributed by atoms with van der Waals surface area (Å²) >= 11 is 3.15. The maximum atomic E-state index is 14.2. The highest BCUT2D eigenvalue weighted by Crippen LogP contribution is 2.63. The molecule has 1 aliphatic carbocycles. The highest BCUT2D eigenvalue weighted by Gasteiger charge is 2.63. The molecule has 4 rings (SSSR count). The Morgan fingerprint density at radius 3 is 2.40 bits per heavy atom. The van der Waals surface area contributed by atoms with Gasteiger partial charge in [-0.05, 0) is 73.9 Å². The van der Waals surface area contributed by atoms with Crippen LogP contribution in [-0.4, -0.2) is 52.7 Å². The normalized spacial score (nSPS) is 18.7. The first-order chi connectivity index (χ1) is 16.3. The van der Waals surface area contributed by atoms with Crippen molar-refractivity contribution in [1.29, 1.82) is 0 Å². The Hall–Kier alpha value is -2.82. The summed E-state index contributed by atoms with van der Waals surface area (Å²) in [6, 6.07) is 2.62. The van der Waals surface area contributed by atoms with E-state index in [1.54, 1.807) is 4.90 Å². The number of rotatable bonds is 3. The van der Waals surface area contributed by atoms with Crippen molar-refractivity contribution in [3.63, 3.8) is 0 Å². The topological polar surface area (TPSA) is 112 Å². The molecular formula is C24H27BrFN3O6.